The van der Waals surface area contributed by atoms with Crippen LogP contribution in [0.25, 0.3) is 10.9 Å². The summed E-state index contributed by atoms with van der Waals surface area (Å²) in [5.74, 6) is 0.699. The van der Waals surface area contributed by atoms with Gasteiger partial charge in [0.1, 0.15) is 18.5 Å². The van der Waals surface area contributed by atoms with Crippen LogP contribution in [0, 0.1) is 0 Å². The van der Waals surface area contributed by atoms with Gasteiger partial charge >= 0.3 is 0 Å². The van der Waals surface area contributed by atoms with E-state index in [0.717, 1.165) is 28.6 Å². The van der Waals surface area contributed by atoms with Gasteiger partial charge in [-0.1, -0.05) is 0 Å². The summed E-state index contributed by atoms with van der Waals surface area (Å²) >= 11 is 0. The molecule has 1 amide bonds. The molecule has 1 atom stereocenters. The van der Waals surface area contributed by atoms with Crippen LogP contribution in [0.1, 0.15) is 33.3 Å². The maximum Gasteiger partial charge on any atom is 0.216 e. The summed E-state index contributed by atoms with van der Waals surface area (Å²) in [4.78, 5) is 14.2. The Hall–Kier alpha value is -2.05. The number of aliphatic hydroxyl groups is 1. The van der Waals surface area contributed by atoms with E-state index in [0.29, 0.717) is 13.1 Å². The normalized spacial score (nSPS) is 13.0. The van der Waals surface area contributed by atoms with E-state index in [9.17, 15) is 9.90 Å². The van der Waals surface area contributed by atoms with Crippen molar-refractivity contribution in [3.05, 3.63) is 30.0 Å². The summed E-state index contributed by atoms with van der Waals surface area (Å²) in [5.41, 5.74) is 2.12. The highest BCUT2D eigenvalue weighted by Gasteiger charge is 2.13. The Kier molecular flexibility index (Phi) is 6.45. The number of amides is 1. The Balaban J connectivity index is 1.94. The molecule has 1 aromatic heterocycles. The molecule has 0 radical (unpaired) electrons. The van der Waals surface area contributed by atoms with Gasteiger partial charge in [-0.3, -0.25) is 4.79 Å². The number of hydrogen-bond acceptors (Lipinski definition) is 4. The number of carbonyl (C=O) groups is 1. The molecule has 0 spiro atoms. The molecule has 0 unspecified atom stereocenters. The highest BCUT2D eigenvalue weighted by atomic mass is 16.5. The molecule has 0 fully saturated rings. The first-order chi connectivity index (χ1) is 11.7. The molecule has 1 heterocycles. The summed E-state index contributed by atoms with van der Waals surface area (Å²) in [5, 5.41) is 17.2. The SMILES string of the molecule is CC(=O)NCCc1c[nH]c2ccc(OC[C@H](O)CNC(C)(C)C)cc12. The standard InChI is InChI=1S/C19H29N3O3/c1-13(23)20-8-7-14-10-21-18-6-5-16(9-17(14)18)25-12-15(24)11-22-19(2,3)4/h5-6,9-10,15,21-22,24H,7-8,11-12H2,1-4H3,(H,20,23)/t15-/m1/s1. The zero-order valence-electron chi connectivity index (χ0n) is 15.5. The van der Waals surface area contributed by atoms with Crippen molar-refractivity contribution in [3.8, 4) is 5.75 Å². The van der Waals surface area contributed by atoms with Crippen LogP contribution in [-0.2, 0) is 11.2 Å². The molecule has 0 bridgehead atoms. The molecular formula is C19H29N3O3. The molecule has 0 aliphatic rings. The Morgan fingerprint density at radius 3 is 2.80 bits per heavy atom. The Bertz CT molecular complexity index is 703. The monoisotopic (exact) mass is 347 g/mol. The third-order valence-electron chi connectivity index (χ3n) is 3.82. The van der Waals surface area contributed by atoms with Crippen LogP contribution in [0.4, 0.5) is 0 Å². The van der Waals surface area contributed by atoms with Crippen molar-refractivity contribution in [1.29, 1.82) is 0 Å². The largest absolute Gasteiger partial charge is 0.491 e. The number of aromatic nitrogens is 1. The first-order valence-corrected chi connectivity index (χ1v) is 8.65. The number of carbonyl (C=O) groups excluding carboxylic acids is 1. The number of rotatable bonds is 8. The van der Waals surface area contributed by atoms with E-state index in [1.807, 2.05) is 24.4 Å². The second-order valence-electron chi connectivity index (χ2n) is 7.35. The lowest BCUT2D eigenvalue weighted by Gasteiger charge is -2.23. The van der Waals surface area contributed by atoms with Gasteiger partial charge in [0.05, 0.1) is 0 Å². The van der Waals surface area contributed by atoms with Crippen LogP contribution < -0.4 is 15.4 Å². The number of aromatic amines is 1. The fourth-order valence-electron chi connectivity index (χ4n) is 2.50. The first-order valence-electron chi connectivity index (χ1n) is 8.65. The highest BCUT2D eigenvalue weighted by Crippen LogP contribution is 2.24. The van der Waals surface area contributed by atoms with Crippen LogP contribution in [0.15, 0.2) is 24.4 Å². The van der Waals surface area contributed by atoms with Gasteiger partial charge in [0.15, 0.2) is 0 Å². The van der Waals surface area contributed by atoms with Gasteiger partial charge in [0.25, 0.3) is 0 Å². The molecule has 0 aliphatic heterocycles. The van der Waals surface area contributed by atoms with Crippen molar-refractivity contribution < 1.29 is 14.6 Å². The number of H-pyrrole nitrogens is 1. The maximum atomic E-state index is 11.0. The fourth-order valence-corrected chi connectivity index (χ4v) is 2.50. The number of aliphatic hydroxyl groups excluding tert-OH is 1. The number of benzene rings is 1. The third-order valence-corrected chi connectivity index (χ3v) is 3.82. The van der Waals surface area contributed by atoms with Crippen molar-refractivity contribution >= 4 is 16.8 Å². The van der Waals surface area contributed by atoms with Gasteiger partial charge in [-0.2, -0.15) is 0 Å². The molecule has 0 saturated heterocycles. The van der Waals surface area contributed by atoms with Crippen LogP contribution in [0.2, 0.25) is 0 Å². The zero-order valence-corrected chi connectivity index (χ0v) is 15.5. The second-order valence-corrected chi connectivity index (χ2v) is 7.35. The molecule has 138 valence electrons. The van der Waals surface area contributed by atoms with Crippen molar-refractivity contribution in [2.75, 3.05) is 19.7 Å². The smallest absolute Gasteiger partial charge is 0.216 e. The van der Waals surface area contributed by atoms with Crippen LogP contribution in [-0.4, -0.2) is 47.3 Å². The maximum absolute atomic E-state index is 11.0. The highest BCUT2D eigenvalue weighted by molar-refractivity contribution is 5.84. The fraction of sp³-hybridized carbons (Fsp3) is 0.526. The lowest BCUT2D eigenvalue weighted by atomic mass is 10.1. The molecule has 0 saturated carbocycles. The molecule has 4 N–H and O–H groups in total. The summed E-state index contributed by atoms with van der Waals surface area (Å²) in [6.07, 6.45) is 2.14. The van der Waals surface area contributed by atoms with E-state index < -0.39 is 6.10 Å². The van der Waals surface area contributed by atoms with Gasteiger partial charge in [0.2, 0.25) is 5.91 Å². The second kappa shape index (κ2) is 8.36. The summed E-state index contributed by atoms with van der Waals surface area (Å²) < 4.78 is 5.73. The van der Waals surface area contributed by atoms with Gasteiger partial charge in [0, 0.05) is 42.7 Å². The number of ether oxygens (including phenoxy) is 1. The predicted molar refractivity (Wildman–Crippen MR) is 99.9 cm³/mol. The quantitative estimate of drug-likeness (QED) is 0.588. The summed E-state index contributed by atoms with van der Waals surface area (Å²) in [6.45, 7) is 9.01. The molecule has 0 aliphatic carbocycles. The summed E-state index contributed by atoms with van der Waals surface area (Å²) in [7, 11) is 0. The van der Waals surface area contributed by atoms with E-state index in [1.54, 1.807) is 0 Å². The Morgan fingerprint density at radius 1 is 1.36 bits per heavy atom. The Labute approximate surface area is 149 Å². The summed E-state index contributed by atoms with van der Waals surface area (Å²) in [6, 6.07) is 5.82. The average molecular weight is 347 g/mol. The number of hydrogen-bond donors (Lipinski definition) is 4. The molecule has 25 heavy (non-hydrogen) atoms. The van der Waals surface area contributed by atoms with E-state index in [4.69, 9.17) is 4.74 Å². The minimum absolute atomic E-state index is 0.0262. The van der Waals surface area contributed by atoms with Crippen LogP contribution in [0.5, 0.6) is 5.75 Å². The van der Waals surface area contributed by atoms with Gasteiger partial charge < -0.3 is 25.5 Å². The van der Waals surface area contributed by atoms with Crippen LogP contribution >= 0.6 is 0 Å². The predicted octanol–water partition coefficient (Wildman–Crippen LogP) is 1.97. The van der Waals surface area contributed by atoms with Gasteiger partial charge in [-0.25, -0.2) is 0 Å². The number of fused-ring (bicyclic) bond motifs is 1. The topological polar surface area (TPSA) is 86.4 Å². The van der Waals surface area contributed by atoms with Gasteiger partial charge in [-0.05, 0) is 51.0 Å². The lowest BCUT2D eigenvalue weighted by molar-refractivity contribution is -0.118. The molecule has 1 aromatic carbocycles. The van der Waals surface area contributed by atoms with Crippen molar-refractivity contribution in [2.24, 2.45) is 0 Å². The van der Waals surface area contributed by atoms with Crippen LogP contribution in [0.3, 0.4) is 0 Å². The third kappa shape index (κ3) is 6.40. The molecule has 2 aromatic rings. The Morgan fingerprint density at radius 2 is 2.12 bits per heavy atom. The van der Waals surface area contributed by atoms with Crippen molar-refractivity contribution in [1.82, 2.24) is 15.6 Å². The van der Waals surface area contributed by atoms with Crippen molar-refractivity contribution in [3.63, 3.8) is 0 Å². The molecule has 2 rings (SSSR count). The zero-order chi connectivity index (χ0) is 18.4. The molecule has 6 nitrogen and oxygen atoms in total. The van der Waals surface area contributed by atoms with E-state index >= 15 is 0 Å². The first kappa shape index (κ1) is 19.3. The minimum atomic E-state index is -0.569. The number of nitrogens with one attached hydrogen (secondary N) is 3. The van der Waals surface area contributed by atoms with E-state index in [1.165, 1.54) is 6.92 Å². The molecule has 6 heteroatoms. The minimum Gasteiger partial charge on any atom is -0.491 e. The van der Waals surface area contributed by atoms with Gasteiger partial charge in [-0.15, -0.1) is 0 Å². The van der Waals surface area contributed by atoms with Crippen molar-refractivity contribution in [2.45, 2.75) is 45.8 Å². The van der Waals surface area contributed by atoms with E-state index in [-0.39, 0.29) is 18.1 Å². The average Bonchev–Trinajstić information content (AvgIpc) is 2.92. The molecular weight excluding hydrogens is 318 g/mol. The lowest BCUT2D eigenvalue weighted by Crippen LogP contribution is -2.42. The van der Waals surface area contributed by atoms with E-state index in [2.05, 4.69) is 36.4 Å². The number of β-amino-alcohol motifs (C(OH)–C–C–N with tert-alkyl or cyclic N) is 1.